The summed E-state index contributed by atoms with van der Waals surface area (Å²) in [6.07, 6.45) is 1.98. The fraction of sp³-hybridized carbons (Fsp3) is 0.333. The van der Waals surface area contributed by atoms with Gasteiger partial charge in [-0.15, -0.1) is 0 Å². The van der Waals surface area contributed by atoms with Gasteiger partial charge in [-0.05, 0) is 38.0 Å². The van der Waals surface area contributed by atoms with Gasteiger partial charge in [0.2, 0.25) is 0 Å². The number of carbonyl (C=O) groups is 1. The van der Waals surface area contributed by atoms with Crippen molar-refractivity contribution in [1.82, 2.24) is 9.78 Å². The number of hydrogen-bond acceptors (Lipinski definition) is 3. The number of nitrogens with one attached hydrogen (secondary N) is 1. The van der Waals surface area contributed by atoms with E-state index in [0.717, 1.165) is 30.8 Å². The van der Waals surface area contributed by atoms with Gasteiger partial charge in [0, 0.05) is 12.2 Å². The normalized spacial score (nSPS) is 17.6. The van der Waals surface area contributed by atoms with Crippen LogP contribution in [0.15, 0.2) is 30.3 Å². The van der Waals surface area contributed by atoms with Gasteiger partial charge in [0.1, 0.15) is 0 Å². The average Bonchev–Trinajstić information content (AvgIpc) is 2.87. The molecule has 2 N–H and O–H groups in total. The molecule has 1 aliphatic heterocycles. The fourth-order valence-corrected chi connectivity index (χ4v) is 2.59. The Morgan fingerprint density at radius 2 is 2.15 bits per heavy atom. The standard InChI is InChI=1S/C15H17N3O2/c1-10-4-6-11(7-5-10)16-12-3-2-8-18-14(12)9-13(17-18)15(19)20/h4-7,9,12,16H,2-3,8H2,1H3,(H,19,20)/t12-/m0/s1. The first-order valence-electron chi connectivity index (χ1n) is 6.78. The number of aromatic carboxylic acids is 1. The Hall–Kier alpha value is -2.30. The van der Waals surface area contributed by atoms with E-state index in [1.807, 2.05) is 12.1 Å². The van der Waals surface area contributed by atoms with Crippen molar-refractivity contribution >= 4 is 11.7 Å². The Balaban J connectivity index is 1.85. The van der Waals surface area contributed by atoms with Crippen LogP contribution in [0.1, 0.15) is 40.6 Å². The smallest absolute Gasteiger partial charge is 0.356 e. The lowest BCUT2D eigenvalue weighted by Crippen LogP contribution is -2.21. The second kappa shape index (κ2) is 5.00. The van der Waals surface area contributed by atoms with Crippen LogP contribution in [0, 0.1) is 6.92 Å². The lowest BCUT2D eigenvalue weighted by atomic mass is 10.0. The summed E-state index contributed by atoms with van der Waals surface area (Å²) in [5.41, 5.74) is 3.34. The fourth-order valence-electron chi connectivity index (χ4n) is 2.59. The van der Waals surface area contributed by atoms with Crippen molar-refractivity contribution in [3.8, 4) is 0 Å². The number of fused-ring (bicyclic) bond motifs is 1. The van der Waals surface area contributed by atoms with Crippen molar-refractivity contribution in [3.63, 3.8) is 0 Å². The minimum absolute atomic E-state index is 0.118. The van der Waals surface area contributed by atoms with Gasteiger partial charge in [-0.2, -0.15) is 5.10 Å². The van der Waals surface area contributed by atoms with E-state index in [2.05, 4.69) is 29.5 Å². The van der Waals surface area contributed by atoms with Crippen molar-refractivity contribution in [1.29, 1.82) is 0 Å². The van der Waals surface area contributed by atoms with E-state index in [-0.39, 0.29) is 11.7 Å². The molecule has 5 heteroatoms. The second-order valence-corrected chi connectivity index (χ2v) is 5.19. The molecule has 0 saturated heterocycles. The number of aryl methyl sites for hydroxylation is 2. The maximum atomic E-state index is 11.0. The number of hydrogen-bond donors (Lipinski definition) is 2. The quantitative estimate of drug-likeness (QED) is 0.900. The van der Waals surface area contributed by atoms with Crippen molar-refractivity contribution in [2.75, 3.05) is 5.32 Å². The Kier molecular flexibility index (Phi) is 3.18. The molecule has 0 unspecified atom stereocenters. The van der Waals surface area contributed by atoms with Crippen molar-refractivity contribution in [2.45, 2.75) is 32.4 Å². The zero-order chi connectivity index (χ0) is 14.1. The summed E-state index contributed by atoms with van der Waals surface area (Å²) in [7, 11) is 0. The van der Waals surface area contributed by atoms with Crippen LogP contribution in [0.4, 0.5) is 5.69 Å². The number of nitrogens with zero attached hydrogens (tertiary/aromatic N) is 2. The molecule has 0 fully saturated rings. The third-order valence-corrected chi connectivity index (χ3v) is 3.64. The first-order chi connectivity index (χ1) is 9.63. The highest BCUT2D eigenvalue weighted by atomic mass is 16.4. The summed E-state index contributed by atoms with van der Waals surface area (Å²) in [5, 5.41) is 16.6. The number of anilines is 1. The predicted molar refractivity (Wildman–Crippen MR) is 76.0 cm³/mol. The molecule has 0 radical (unpaired) electrons. The summed E-state index contributed by atoms with van der Waals surface area (Å²) in [4.78, 5) is 11.0. The molecule has 2 aromatic rings. The lowest BCUT2D eigenvalue weighted by molar-refractivity contribution is 0.0689. The molecular formula is C15H17N3O2. The van der Waals surface area contributed by atoms with Gasteiger partial charge < -0.3 is 10.4 Å². The molecule has 3 rings (SSSR count). The molecule has 2 heterocycles. The first-order valence-corrected chi connectivity index (χ1v) is 6.78. The molecule has 0 aliphatic carbocycles. The Labute approximate surface area is 117 Å². The van der Waals surface area contributed by atoms with E-state index in [4.69, 9.17) is 5.11 Å². The van der Waals surface area contributed by atoms with E-state index < -0.39 is 5.97 Å². The zero-order valence-corrected chi connectivity index (χ0v) is 11.3. The van der Waals surface area contributed by atoms with Gasteiger partial charge in [0.05, 0.1) is 11.7 Å². The Morgan fingerprint density at radius 3 is 2.85 bits per heavy atom. The largest absolute Gasteiger partial charge is 0.476 e. The van der Waals surface area contributed by atoms with Gasteiger partial charge >= 0.3 is 5.97 Å². The Morgan fingerprint density at radius 1 is 1.40 bits per heavy atom. The molecular weight excluding hydrogens is 254 g/mol. The average molecular weight is 271 g/mol. The molecule has 1 aromatic heterocycles. The van der Waals surface area contributed by atoms with Crippen LogP contribution in [-0.2, 0) is 6.54 Å². The first kappa shape index (κ1) is 12.7. The van der Waals surface area contributed by atoms with E-state index in [9.17, 15) is 4.79 Å². The molecule has 0 amide bonds. The number of benzene rings is 1. The van der Waals surface area contributed by atoms with E-state index >= 15 is 0 Å². The second-order valence-electron chi connectivity index (χ2n) is 5.19. The highest BCUT2D eigenvalue weighted by molar-refractivity contribution is 5.85. The molecule has 20 heavy (non-hydrogen) atoms. The van der Waals surface area contributed by atoms with Gasteiger partial charge in [0.25, 0.3) is 0 Å². The third-order valence-electron chi connectivity index (χ3n) is 3.64. The van der Waals surface area contributed by atoms with Crippen molar-refractivity contribution < 1.29 is 9.90 Å². The minimum Gasteiger partial charge on any atom is -0.476 e. The maximum absolute atomic E-state index is 11.0. The molecule has 0 saturated carbocycles. The van der Waals surface area contributed by atoms with Crippen LogP contribution in [0.3, 0.4) is 0 Å². The summed E-state index contributed by atoms with van der Waals surface area (Å²) < 4.78 is 1.80. The van der Waals surface area contributed by atoms with E-state index in [1.54, 1.807) is 10.7 Å². The summed E-state index contributed by atoms with van der Waals surface area (Å²) >= 11 is 0. The molecule has 0 bridgehead atoms. The number of aromatic nitrogens is 2. The van der Waals surface area contributed by atoms with E-state index in [0.29, 0.717) is 0 Å². The van der Waals surface area contributed by atoms with Crippen LogP contribution >= 0.6 is 0 Å². The SMILES string of the molecule is Cc1ccc(N[C@H]2CCCn3nc(C(=O)O)cc32)cc1. The maximum Gasteiger partial charge on any atom is 0.356 e. The van der Waals surface area contributed by atoms with Crippen LogP contribution in [0.2, 0.25) is 0 Å². The number of carboxylic acid groups (broad SMARTS) is 1. The van der Waals surface area contributed by atoms with E-state index in [1.165, 1.54) is 5.56 Å². The zero-order valence-electron chi connectivity index (χ0n) is 11.3. The third kappa shape index (κ3) is 2.39. The minimum atomic E-state index is -0.971. The molecule has 1 atom stereocenters. The van der Waals surface area contributed by atoms with Gasteiger partial charge in [-0.25, -0.2) is 4.79 Å². The number of carboxylic acids is 1. The summed E-state index contributed by atoms with van der Waals surface area (Å²) in [6.45, 7) is 2.84. The van der Waals surface area contributed by atoms with Gasteiger partial charge in [-0.3, -0.25) is 4.68 Å². The van der Waals surface area contributed by atoms with Crippen molar-refractivity contribution in [2.24, 2.45) is 0 Å². The van der Waals surface area contributed by atoms with Crippen LogP contribution in [-0.4, -0.2) is 20.9 Å². The van der Waals surface area contributed by atoms with Crippen LogP contribution in [0.25, 0.3) is 0 Å². The van der Waals surface area contributed by atoms with Crippen molar-refractivity contribution in [3.05, 3.63) is 47.3 Å². The molecule has 1 aromatic carbocycles. The summed E-state index contributed by atoms with van der Waals surface area (Å²) in [6, 6.07) is 10.0. The monoisotopic (exact) mass is 271 g/mol. The van der Waals surface area contributed by atoms with Crippen LogP contribution < -0.4 is 5.32 Å². The molecule has 0 spiro atoms. The predicted octanol–water partition coefficient (Wildman–Crippen LogP) is 2.84. The molecule has 5 nitrogen and oxygen atoms in total. The highest BCUT2D eigenvalue weighted by Gasteiger charge is 2.24. The topological polar surface area (TPSA) is 67.2 Å². The summed E-state index contributed by atoms with van der Waals surface area (Å²) in [5.74, 6) is -0.971. The lowest BCUT2D eigenvalue weighted by Gasteiger charge is -2.25. The van der Waals surface area contributed by atoms with Crippen LogP contribution in [0.5, 0.6) is 0 Å². The number of rotatable bonds is 3. The highest BCUT2D eigenvalue weighted by Crippen LogP contribution is 2.29. The molecule has 104 valence electrons. The molecule has 1 aliphatic rings. The van der Waals surface area contributed by atoms with Gasteiger partial charge in [-0.1, -0.05) is 17.7 Å². The Bertz CT molecular complexity index is 631. The van der Waals surface area contributed by atoms with Gasteiger partial charge in [0.15, 0.2) is 5.69 Å².